The number of benzene rings is 1. The lowest BCUT2D eigenvalue weighted by atomic mass is 10.2. The van der Waals surface area contributed by atoms with E-state index in [1.165, 1.54) is 6.07 Å². The SMILES string of the molecule is FC(F)Oc1ccccc1-c1nc(N2CCNCC2)n[nH]1. The van der Waals surface area contributed by atoms with Gasteiger partial charge in [-0.3, -0.25) is 5.10 Å². The van der Waals surface area contributed by atoms with Crippen molar-refractivity contribution in [1.29, 1.82) is 0 Å². The molecular formula is C13H15F2N5O. The first-order chi connectivity index (χ1) is 10.2. The maximum atomic E-state index is 12.4. The van der Waals surface area contributed by atoms with Gasteiger partial charge >= 0.3 is 6.61 Å². The molecule has 1 aromatic heterocycles. The molecule has 2 aromatic rings. The number of anilines is 1. The van der Waals surface area contributed by atoms with Crippen LogP contribution in [0.5, 0.6) is 5.75 Å². The minimum atomic E-state index is -2.87. The number of ether oxygens (including phenoxy) is 1. The Labute approximate surface area is 120 Å². The van der Waals surface area contributed by atoms with Crippen LogP contribution >= 0.6 is 0 Å². The molecule has 0 saturated carbocycles. The number of nitrogens with zero attached hydrogens (tertiary/aromatic N) is 3. The summed E-state index contributed by atoms with van der Waals surface area (Å²) in [5, 5.41) is 10.2. The number of hydrogen-bond donors (Lipinski definition) is 2. The maximum absolute atomic E-state index is 12.4. The zero-order valence-electron chi connectivity index (χ0n) is 11.2. The summed E-state index contributed by atoms with van der Waals surface area (Å²) in [6.45, 7) is 0.491. The van der Waals surface area contributed by atoms with E-state index in [4.69, 9.17) is 0 Å². The molecule has 0 radical (unpaired) electrons. The fourth-order valence-electron chi connectivity index (χ4n) is 2.24. The van der Waals surface area contributed by atoms with E-state index in [0.717, 1.165) is 26.2 Å². The van der Waals surface area contributed by atoms with Gasteiger partial charge in [-0.25, -0.2) is 0 Å². The van der Waals surface area contributed by atoms with Gasteiger partial charge in [0, 0.05) is 26.2 Å². The molecular weight excluding hydrogens is 280 g/mol. The molecule has 2 N–H and O–H groups in total. The van der Waals surface area contributed by atoms with Crippen LogP contribution in [-0.4, -0.2) is 48.0 Å². The molecule has 112 valence electrons. The van der Waals surface area contributed by atoms with Crippen molar-refractivity contribution in [3.05, 3.63) is 24.3 Å². The standard InChI is InChI=1S/C13H15F2N5O/c14-12(15)21-10-4-2-1-3-9(10)11-17-13(19-18-11)20-7-5-16-6-8-20/h1-4,12,16H,5-8H2,(H,17,18,19). The largest absolute Gasteiger partial charge is 0.434 e. The normalized spacial score (nSPS) is 15.5. The highest BCUT2D eigenvalue weighted by Gasteiger charge is 2.18. The zero-order valence-corrected chi connectivity index (χ0v) is 11.2. The van der Waals surface area contributed by atoms with Crippen molar-refractivity contribution in [1.82, 2.24) is 20.5 Å². The first-order valence-electron chi connectivity index (χ1n) is 6.66. The smallest absolute Gasteiger partial charge is 0.387 e. The minimum Gasteiger partial charge on any atom is -0.434 e. The summed E-state index contributed by atoms with van der Waals surface area (Å²) in [6.07, 6.45) is 0. The third-order valence-electron chi connectivity index (χ3n) is 3.23. The van der Waals surface area contributed by atoms with E-state index in [1.807, 2.05) is 4.90 Å². The van der Waals surface area contributed by atoms with Crippen molar-refractivity contribution >= 4 is 5.95 Å². The van der Waals surface area contributed by atoms with Gasteiger partial charge in [-0.1, -0.05) is 12.1 Å². The quantitative estimate of drug-likeness (QED) is 0.894. The van der Waals surface area contributed by atoms with E-state index in [9.17, 15) is 8.78 Å². The third-order valence-corrected chi connectivity index (χ3v) is 3.23. The van der Waals surface area contributed by atoms with Gasteiger partial charge in [0.1, 0.15) is 5.75 Å². The molecule has 1 saturated heterocycles. The van der Waals surface area contributed by atoms with Crippen molar-refractivity contribution in [2.45, 2.75) is 6.61 Å². The lowest BCUT2D eigenvalue weighted by Crippen LogP contribution is -2.44. The highest BCUT2D eigenvalue weighted by atomic mass is 19.3. The number of para-hydroxylation sites is 1. The van der Waals surface area contributed by atoms with E-state index in [-0.39, 0.29) is 5.75 Å². The Kier molecular flexibility index (Phi) is 3.96. The van der Waals surface area contributed by atoms with Crippen molar-refractivity contribution in [2.24, 2.45) is 0 Å². The topological polar surface area (TPSA) is 66.1 Å². The minimum absolute atomic E-state index is 0.0792. The number of hydrogen-bond acceptors (Lipinski definition) is 5. The average Bonchev–Trinajstić information content (AvgIpc) is 2.98. The van der Waals surface area contributed by atoms with Crippen molar-refractivity contribution in [2.75, 3.05) is 31.1 Å². The summed E-state index contributed by atoms with van der Waals surface area (Å²) in [4.78, 5) is 6.41. The number of aromatic amines is 1. The van der Waals surface area contributed by atoms with Gasteiger partial charge in [-0.05, 0) is 12.1 Å². The van der Waals surface area contributed by atoms with E-state index >= 15 is 0 Å². The molecule has 1 fully saturated rings. The molecule has 3 rings (SSSR count). The number of halogens is 2. The van der Waals surface area contributed by atoms with E-state index < -0.39 is 6.61 Å². The predicted molar refractivity (Wildman–Crippen MR) is 73.5 cm³/mol. The van der Waals surface area contributed by atoms with Crippen LogP contribution in [0.4, 0.5) is 14.7 Å². The van der Waals surface area contributed by atoms with Gasteiger partial charge in [0.25, 0.3) is 0 Å². The molecule has 6 nitrogen and oxygen atoms in total. The molecule has 0 bridgehead atoms. The Morgan fingerprint density at radius 2 is 1.95 bits per heavy atom. The van der Waals surface area contributed by atoms with Crippen LogP contribution < -0.4 is 15.0 Å². The number of piperazine rings is 1. The van der Waals surface area contributed by atoms with Crippen molar-refractivity contribution < 1.29 is 13.5 Å². The fourth-order valence-corrected chi connectivity index (χ4v) is 2.24. The molecule has 8 heteroatoms. The van der Waals surface area contributed by atoms with Crippen molar-refractivity contribution in [3.63, 3.8) is 0 Å². The van der Waals surface area contributed by atoms with Gasteiger partial charge in [-0.15, -0.1) is 5.10 Å². The van der Waals surface area contributed by atoms with Crippen LogP contribution in [-0.2, 0) is 0 Å². The van der Waals surface area contributed by atoms with Crippen LogP contribution in [0.1, 0.15) is 0 Å². The second-order valence-electron chi connectivity index (χ2n) is 4.60. The summed E-state index contributed by atoms with van der Waals surface area (Å²) in [7, 11) is 0. The number of aromatic nitrogens is 3. The third kappa shape index (κ3) is 3.10. The highest BCUT2D eigenvalue weighted by Crippen LogP contribution is 2.29. The molecule has 0 unspecified atom stereocenters. The number of H-pyrrole nitrogens is 1. The second kappa shape index (κ2) is 6.04. The van der Waals surface area contributed by atoms with E-state index in [2.05, 4.69) is 25.2 Å². The predicted octanol–water partition coefficient (Wildman–Crippen LogP) is 1.48. The Hall–Kier alpha value is -2.22. The van der Waals surface area contributed by atoms with Crippen LogP contribution in [0.2, 0.25) is 0 Å². The molecule has 0 amide bonds. The lowest BCUT2D eigenvalue weighted by molar-refractivity contribution is -0.0494. The Balaban J connectivity index is 1.85. The fraction of sp³-hybridized carbons (Fsp3) is 0.385. The molecule has 1 aliphatic rings. The van der Waals surface area contributed by atoms with Gasteiger partial charge in [-0.2, -0.15) is 13.8 Å². The summed E-state index contributed by atoms with van der Waals surface area (Å²) in [6, 6.07) is 6.52. The first-order valence-corrected chi connectivity index (χ1v) is 6.66. The molecule has 0 spiro atoms. The van der Waals surface area contributed by atoms with E-state index in [0.29, 0.717) is 17.3 Å². The molecule has 21 heavy (non-hydrogen) atoms. The first kappa shape index (κ1) is 13.7. The van der Waals surface area contributed by atoms with Crippen LogP contribution in [0, 0.1) is 0 Å². The van der Waals surface area contributed by atoms with Gasteiger partial charge < -0.3 is 15.0 Å². The second-order valence-corrected chi connectivity index (χ2v) is 4.60. The number of rotatable bonds is 4. The highest BCUT2D eigenvalue weighted by molar-refractivity contribution is 5.64. The Bertz CT molecular complexity index is 598. The summed E-state index contributed by atoms with van der Waals surface area (Å²) >= 11 is 0. The summed E-state index contributed by atoms with van der Waals surface area (Å²) in [5.41, 5.74) is 0.465. The van der Waals surface area contributed by atoms with Gasteiger partial charge in [0.2, 0.25) is 5.95 Å². The van der Waals surface area contributed by atoms with Crippen molar-refractivity contribution in [3.8, 4) is 17.1 Å². The van der Waals surface area contributed by atoms with Crippen LogP contribution in [0.15, 0.2) is 24.3 Å². The van der Waals surface area contributed by atoms with Crippen LogP contribution in [0.3, 0.4) is 0 Å². The molecule has 1 aliphatic heterocycles. The average molecular weight is 295 g/mol. The number of nitrogens with one attached hydrogen (secondary N) is 2. The van der Waals surface area contributed by atoms with Crippen LogP contribution in [0.25, 0.3) is 11.4 Å². The molecule has 0 atom stereocenters. The Morgan fingerprint density at radius 1 is 1.19 bits per heavy atom. The Morgan fingerprint density at radius 3 is 2.71 bits per heavy atom. The van der Waals surface area contributed by atoms with E-state index in [1.54, 1.807) is 18.2 Å². The van der Waals surface area contributed by atoms with Gasteiger partial charge in [0.15, 0.2) is 5.82 Å². The van der Waals surface area contributed by atoms with Gasteiger partial charge in [0.05, 0.1) is 5.56 Å². The maximum Gasteiger partial charge on any atom is 0.387 e. The summed E-state index contributed by atoms with van der Waals surface area (Å²) < 4.78 is 29.4. The number of alkyl halides is 2. The molecule has 1 aromatic carbocycles. The molecule has 2 heterocycles. The molecule has 0 aliphatic carbocycles. The monoisotopic (exact) mass is 295 g/mol. The summed E-state index contributed by atoms with van der Waals surface area (Å²) in [5.74, 6) is 1.06. The lowest BCUT2D eigenvalue weighted by Gasteiger charge is -2.25. The zero-order chi connectivity index (χ0) is 14.7.